The summed E-state index contributed by atoms with van der Waals surface area (Å²) in [6, 6.07) is 18.6. The zero-order valence-corrected chi connectivity index (χ0v) is 18.4. The van der Waals surface area contributed by atoms with Gasteiger partial charge in [0.1, 0.15) is 5.69 Å². The van der Waals surface area contributed by atoms with E-state index in [2.05, 4.69) is 5.32 Å². The molecule has 152 valence electrons. The topological polar surface area (TPSA) is 50.2 Å². The van der Waals surface area contributed by atoms with Crippen LogP contribution in [-0.4, -0.2) is 27.8 Å². The van der Waals surface area contributed by atoms with Crippen LogP contribution in [0.15, 0.2) is 72.2 Å². The summed E-state index contributed by atoms with van der Waals surface area (Å²) >= 11 is 13.7. The Bertz CT molecular complexity index is 1160. The molecule has 0 bridgehead atoms. The fourth-order valence-corrected chi connectivity index (χ4v) is 4.19. The monoisotopic (exact) mass is 456 g/mol. The molecule has 2 amide bonds. The Labute approximate surface area is 188 Å². The Morgan fingerprint density at radius 2 is 1.93 bits per heavy atom. The van der Waals surface area contributed by atoms with E-state index in [9.17, 15) is 4.79 Å². The van der Waals surface area contributed by atoms with Gasteiger partial charge in [0, 0.05) is 23.8 Å². The molecule has 4 aromatic rings. The van der Waals surface area contributed by atoms with E-state index in [0.29, 0.717) is 22.3 Å². The Hall–Kier alpha value is -2.80. The highest BCUT2D eigenvalue weighted by Crippen LogP contribution is 2.29. The van der Waals surface area contributed by atoms with Crippen molar-refractivity contribution in [1.29, 1.82) is 0 Å². The predicted molar refractivity (Wildman–Crippen MR) is 124 cm³/mol. The maximum Gasteiger partial charge on any atom is 0.321 e. The van der Waals surface area contributed by atoms with Crippen molar-refractivity contribution in [3.05, 3.63) is 87.8 Å². The van der Waals surface area contributed by atoms with Crippen LogP contribution in [0.5, 0.6) is 0 Å². The number of benzene rings is 2. The number of halogens is 2. The molecule has 0 aliphatic carbocycles. The second kappa shape index (κ2) is 8.92. The molecule has 30 heavy (non-hydrogen) atoms. The van der Waals surface area contributed by atoms with Crippen molar-refractivity contribution in [1.82, 2.24) is 14.7 Å². The summed E-state index contributed by atoms with van der Waals surface area (Å²) in [5, 5.41) is 10.5. The summed E-state index contributed by atoms with van der Waals surface area (Å²) in [5.41, 5.74) is 3.28. The SMILES string of the molecule is CN(Cc1cn(-c2ccccc2)nc1-c1cccs1)C(=O)Nc1ccc(Cl)cc1Cl. The first-order chi connectivity index (χ1) is 14.5. The van der Waals surface area contributed by atoms with Gasteiger partial charge >= 0.3 is 6.03 Å². The molecule has 4 rings (SSSR count). The predicted octanol–water partition coefficient (Wildman–Crippen LogP) is 6.57. The van der Waals surface area contributed by atoms with Gasteiger partial charge in [-0.15, -0.1) is 11.3 Å². The first-order valence-corrected chi connectivity index (χ1v) is 10.8. The maximum atomic E-state index is 12.7. The molecule has 0 atom stereocenters. The fraction of sp³-hybridized carbons (Fsp3) is 0.0909. The molecule has 0 spiro atoms. The van der Waals surface area contributed by atoms with Gasteiger partial charge < -0.3 is 10.2 Å². The number of thiophene rings is 1. The number of para-hydroxylation sites is 1. The van der Waals surface area contributed by atoms with Gasteiger partial charge in [0.25, 0.3) is 0 Å². The van der Waals surface area contributed by atoms with Gasteiger partial charge in [-0.05, 0) is 41.8 Å². The molecule has 0 radical (unpaired) electrons. The Balaban J connectivity index is 1.58. The van der Waals surface area contributed by atoms with Crippen LogP contribution < -0.4 is 5.32 Å². The van der Waals surface area contributed by atoms with E-state index in [0.717, 1.165) is 21.8 Å². The standard InChI is InChI=1S/C22H18Cl2N4OS/c1-27(22(29)25-19-10-9-16(23)12-18(19)24)13-15-14-28(17-6-3-2-4-7-17)26-21(15)20-8-5-11-30-20/h2-12,14H,13H2,1H3,(H,25,29). The first-order valence-electron chi connectivity index (χ1n) is 9.16. The van der Waals surface area contributed by atoms with Crippen molar-refractivity contribution in [2.24, 2.45) is 0 Å². The number of aromatic nitrogens is 2. The summed E-state index contributed by atoms with van der Waals surface area (Å²) in [6.07, 6.45) is 1.96. The molecule has 0 saturated heterocycles. The summed E-state index contributed by atoms with van der Waals surface area (Å²) in [7, 11) is 1.73. The third-order valence-electron chi connectivity index (χ3n) is 4.49. The first kappa shape index (κ1) is 20.5. The van der Waals surface area contributed by atoms with Crippen LogP contribution in [0.1, 0.15) is 5.56 Å². The smallest absolute Gasteiger partial charge is 0.321 e. The van der Waals surface area contributed by atoms with Crippen molar-refractivity contribution in [2.75, 3.05) is 12.4 Å². The molecule has 0 aliphatic heterocycles. The van der Waals surface area contributed by atoms with E-state index in [4.69, 9.17) is 28.3 Å². The molecule has 8 heteroatoms. The van der Waals surface area contributed by atoms with E-state index in [1.54, 1.807) is 41.5 Å². The minimum atomic E-state index is -0.274. The minimum Gasteiger partial charge on any atom is -0.323 e. The largest absolute Gasteiger partial charge is 0.323 e. The van der Waals surface area contributed by atoms with E-state index in [1.165, 1.54) is 0 Å². The van der Waals surface area contributed by atoms with E-state index >= 15 is 0 Å². The van der Waals surface area contributed by atoms with Gasteiger partial charge in [-0.1, -0.05) is 47.5 Å². The average Bonchev–Trinajstić information content (AvgIpc) is 3.40. The molecule has 0 aliphatic rings. The lowest BCUT2D eigenvalue weighted by Gasteiger charge is -2.18. The number of amides is 2. The fourth-order valence-electron chi connectivity index (χ4n) is 2.99. The summed E-state index contributed by atoms with van der Waals surface area (Å²) in [6.45, 7) is 0.386. The van der Waals surface area contributed by atoms with Crippen LogP contribution >= 0.6 is 34.5 Å². The van der Waals surface area contributed by atoms with Gasteiger partial charge in [-0.3, -0.25) is 0 Å². The number of nitrogens with zero attached hydrogens (tertiary/aromatic N) is 3. The van der Waals surface area contributed by atoms with Gasteiger partial charge in [-0.25, -0.2) is 9.48 Å². The second-order valence-corrected chi connectivity index (χ2v) is 8.46. The number of hydrogen-bond acceptors (Lipinski definition) is 3. The second-order valence-electron chi connectivity index (χ2n) is 6.67. The van der Waals surface area contributed by atoms with Gasteiger partial charge in [0.15, 0.2) is 0 Å². The van der Waals surface area contributed by atoms with E-state index in [-0.39, 0.29) is 6.03 Å². The number of urea groups is 1. The lowest BCUT2D eigenvalue weighted by molar-refractivity contribution is 0.221. The molecule has 5 nitrogen and oxygen atoms in total. The zero-order chi connectivity index (χ0) is 21.1. The normalized spacial score (nSPS) is 10.8. The van der Waals surface area contributed by atoms with E-state index in [1.807, 2.05) is 58.7 Å². The highest BCUT2D eigenvalue weighted by Gasteiger charge is 2.18. The van der Waals surface area contributed by atoms with Crippen molar-refractivity contribution in [2.45, 2.75) is 6.54 Å². The molecule has 2 aromatic heterocycles. The van der Waals surface area contributed by atoms with Crippen LogP contribution in [0, 0.1) is 0 Å². The summed E-state index contributed by atoms with van der Waals surface area (Å²) in [4.78, 5) is 15.4. The van der Waals surface area contributed by atoms with Crippen molar-refractivity contribution >= 4 is 46.3 Å². The maximum absolute atomic E-state index is 12.7. The molecular weight excluding hydrogens is 439 g/mol. The van der Waals surface area contributed by atoms with Gasteiger partial charge in [0.2, 0.25) is 0 Å². The van der Waals surface area contributed by atoms with Crippen molar-refractivity contribution in [3.63, 3.8) is 0 Å². The highest BCUT2D eigenvalue weighted by atomic mass is 35.5. The van der Waals surface area contributed by atoms with Gasteiger partial charge in [-0.2, -0.15) is 5.10 Å². The third kappa shape index (κ3) is 4.51. The van der Waals surface area contributed by atoms with Gasteiger partial charge in [0.05, 0.1) is 27.8 Å². The molecule has 0 fully saturated rings. The number of nitrogens with one attached hydrogen (secondary N) is 1. The quantitative estimate of drug-likeness (QED) is 0.369. The number of anilines is 1. The minimum absolute atomic E-state index is 0.274. The zero-order valence-electron chi connectivity index (χ0n) is 16.0. The Morgan fingerprint density at radius 3 is 2.63 bits per heavy atom. The molecule has 0 unspecified atom stereocenters. The van der Waals surface area contributed by atoms with Crippen molar-refractivity contribution in [3.8, 4) is 16.3 Å². The third-order valence-corrected chi connectivity index (χ3v) is 5.92. The number of carbonyl (C=O) groups excluding carboxylic acids is 1. The van der Waals surface area contributed by atoms with E-state index < -0.39 is 0 Å². The van der Waals surface area contributed by atoms with Crippen LogP contribution in [0.4, 0.5) is 10.5 Å². The molecule has 2 aromatic carbocycles. The van der Waals surface area contributed by atoms with Crippen LogP contribution in [0.25, 0.3) is 16.3 Å². The van der Waals surface area contributed by atoms with Crippen LogP contribution in [0.2, 0.25) is 10.0 Å². The average molecular weight is 457 g/mol. The molecule has 0 saturated carbocycles. The summed E-state index contributed by atoms with van der Waals surface area (Å²) in [5.74, 6) is 0. The Morgan fingerprint density at radius 1 is 1.13 bits per heavy atom. The Kier molecular flexibility index (Phi) is 6.08. The van der Waals surface area contributed by atoms with Crippen molar-refractivity contribution < 1.29 is 4.79 Å². The molecule has 1 N–H and O–H groups in total. The highest BCUT2D eigenvalue weighted by molar-refractivity contribution is 7.13. The van der Waals surface area contributed by atoms with Crippen LogP contribution in [-0.2, 0) is 6.54 Å². The number of carbonyl (C=O) groups is 1. The number of rotatable bonds is 5. The molecular formula is C22H18Cl2N4OS. The molecule has 2 heterocycles. The summed E-state index contributed by atoms with van der Waals surface area (Å²) < 4.78 is 1.84. The lowest BCUT2D eigenvalue weighted by atomic mass is 10.2. The lowest BCUT2D eigenvalue weighted by Crippen LogP contribution is -2.31. The number of hydrogen-bond donors (Lipinski definition) is 1. The van der Waals surface area contributed by atoms with Crippen LogP contribution in [0.3, 0.4) is 0 Å².